The molecular weight excluding hydrogens is 415 g/mol. The first kappa shape index (κ1) is 21.7. The van der Waals surface area contributed by atoms with E-state index in [9.17, 15) is 19.2 Å². The second kappa shape index (κ2) is 11.3. The number of ether oxygens (including phenoxy) is 2. The number of esters is 2. The van der Waals surface area contributed by atoms with E-state index in [1.54, 1.807) is 9.88 Å². The van der Waals surface area contributed by atoms with E-state index in [2.05, 4.69) is 9.47 Å². The van der Waals surface area contributed by atoms with Crippen molar-refractivity contribution in [1.82, 2.24) is 0 Å². The summed E-state index contributed by atoms with van der Waals surface area (Å²) in [4.78, 5) is 48.5. The summed E-state index contributed by atoms with van der Waals surface area (Å²) in [5.74, 6) is -1.76. The van der Waals surface area contributed by atoms with E-state index in [1.165, 1.54) is 14.2 Å². The van der Waals surface area contributed by atoms with E-state index in [4.69, 9.17) is 6.15 Å². The molecule has 0 aromatic rings. The monoisotopic (exact) mass is 440 g/mol. The third kappa shape index (κ3) is 11.8. The van der Waals surface area contributed by atoms with Gasteiger partial charge in [0.1, 0.15) is 0 Å². The van der Waals surface area contributed by atoms with Gasteiger partial charge in [0.2, 0.25) is 0 Å². The first-order valence-electron chi connectivity index (χ1n) is 7.27. The Kier molecular flexibility index (Phi) is 10.6. The molecule has 0 N–H and O–H groups in total. The third-order valence-electron chi connectivity index (χ3n) is 2.70. The van der Waals surface area contributed by atoms with Crippen molar-refractivity contribution >= 4 is 43.1 Å². The minimum absolute atomic E-state index is 0.0648. The van der Waals surface area contributed by atoms with Crippen LogP contribution in [0, 0.1) is 0 Å². The molecule has 0 radical (unpaired) electrons. The molecule has 0 aromatic heterocycles. The van der Waals surface area contributed by atoms with Gasteiger partial charge in [0.15, 0.2) is 0 Å². The molecule has 0 aliphatic carbocycles. The molecule has 0 bridgehead atoms. The molecule has 0 aliphatic rings. The maximum absolute atomic E-state index is 11.7. The van der Waals surface area contributed by atoms with Crippen LogP contribution in [0.2, 0.25) is 9.88 Å². The Morgan fingerprint density at radius 3 is 1.26 bits per heavy atom. The van der Waals surface area contributed by atoms with Gasteiger partial charge in [0.25, 0.3) is 0 Å². The van der Waals surface area contributed by atoms with Crippen LogP contribution in [0.1, 0.15) is 38.5 Å². The van der Waals surface area contributed by atoms with Crippen molar-refractivity contribution in [1.29, 1.82) is 0 Å². The number of methoxy groups -OCH3 is 2. The average Bonchev–Trinajstić information content (AvgIpc) is 2.45. The van der Waals surface area contributed by atoms with Crippen LogP contribution in [0.15, 0.2) is 0 Å². The topological polar surface area (TPSA) is 105 Å². The summed E-state index contributed by atoms with van der Waals surface area (Å²) in [5.41, 5.74) is 0. The zero-order valence-electron chi connectivity index (χ0n) is 14.0. The van der Waals surface area contributed by atoms with Crippen LogP contribution in [0.5, 0.6) is 0 Å². The maximum atomic E-state index is 11.7. The van der Waals surface area contributed by atoms with Crippen molar-refractivity contribution in [2.24, 2.45) is 0 Å². The van der Waals surface area contributed by atoms with Gasteiger partial charge in [-0.2, -0.15) is 0 Å². The van der Waals surface area contributed by atoms with E-state index in [0.717, 1.165) is 0 Å². The number of carbonyl (C=O) groups is 4. The van der Waals surface area contributed by atoms with Crippen LogP contribution in [-0.2, 0) is 34.8 Å². The summed E-state index contributed by atoms with van der Waals surface area (Å²) in [6.07, 6.45) is 1.04. The quantitative estimate of drug-likeness (QED) is 0.373. The SMILES string of the molecule is COC(=O)CCCC(=O)[O][Sn]([CH3])([CH3])[O]C(=O)CCCC(=O)OC. The Balaban J connectivity index is 4.06. The van der Waals surface area contributed by atoms with Crippen LogP contribution < -0.4 is 0 Å². The average molecular weight is 439 g/mol. The van der Waals surface area contributed by atoms with Gasteiger partial charge in [-0.3, -0.25) is 0 Å². The van der Waals surface area contributed by atoms with Crippen LogP contribution in [-0.4, -0.2) is 57.3 Å². The van der Waals surface area contributed by atoms with Crippen LogP contribution in [0.3, 0.4) is 0 Å². The fraction of sp³-hybridized carbons (Fsp3) is 0.714. The molecule has 0 amide bonds. The van der Waals surface area contributed by atoms with Crippen molar-refractivity contribution in [2.75, 3.05) is 14.2 Å². The van der Waals surface area contributed by atoms with Crippen molar-refractivity contribution in [3.05, 3.63) is 0 Å². The van der Waals surface area contributed by atoms with Gasteiger partial charge in [0, 0.05) is 0 Å². The van der Waals surface area contributed by atoms with E-state index < -0.39 is 43.1 Å². The summed E-state index contributed by atoms with van der Waals surface area (Å²) in [5, 5.41) is 0. The first-order chi connectivity index (χ1) is 10.7. The fourth-order valence-electron chi connectivity index (χ4n) is 1.63. The summed E-state index contributed by atoms with van der Waals surface area (Å²) in [6, 6.07) is 0. The predicted octanol–water partition coefficient (Wildman–Crippen LogP) is 1.46. The molecule has 0 rings (SSSR count). The molecule has 9 heteroatoms. The third-order valence-corrected chi connectivity index (χ3v) is 6.80. The first-order valence-corrected chi connectivity index (χ1v) is 15.3. The van der Waals surface area contributed by atoms with Gasteiger partial charge >= 0.3 is 141 Å². The number of carbonyl (C=O) groups excluding carboxylic acids is 4. The summed E-state index contributed by atoms with van der Waals surface area (Å²) >= 11 is -3.71. The predicted molar refractivity (Wildman–Crippen MR) is 81.4 cm³/mol. The van der Waals surface area contributed by atoms with Gasteiger partial charge in [0.05, 0.1) is 0 Å². The zero-order chi connectivity index (χ0) is 17.9. The van der Waals surface area contributed by atoms with E-state index in [1.807, 2.05) is 0 Å². The standard InChI is InChI=1S/2C6H10O4.2CH3.Sn/c2*1-10-6(9)4-2-3-5(7)8;;;/h2*2-4H2,1H3,(H,7,8);2*1H3;/q;;;;+2/p-2. The van der Waals surface area contributed by atoms with Crippen LogP contribution in [0.25, 0.3) is 0 Å². The zero-order valence-corrected chi connectivity index (χ0v) is 16.9. The van der Waals surface area contributed by atoms with Crippen molar-refractivity contribution < 1.29 is 34.8 Å². The molecule has 0 heterocycles. The summed E-state index contributed by atoms with van der Waals surface area (Å²) in [6.45, 7) is 0. The number of hydrogen-bond donors (Lipinski definition) is 0. The molecule has 0 spiro atoms. The minimum atomic E-state index is -3.71. The van der Waals surface area contributed by atoms with E-state index >= 15 is 0 Å². The van der Waals surface area contributed by atoms with E-state index in [-0.39, 0.29) is 25.7 Å². The molecule has 132 valence electrons. The molecule has 0 aromatic carbocycles. The Bertz CT molecular complexity index is 394. The molecule has 0 saturated carbocycles. The van der Waals surface area contributed by atoms with Crippen LogP contribution >= 0.6 is 0 Å². The molecule has 8 nitrogen and oxygen atoms in total. The Morgan fingerprint density at radius 2 is 0.957 bits per heavy atom. The molecule has 0 aliphatic heterocycles. The molecule has 0 saturated heterocycles. The Morgan fingerprint density at radius 1 is 0.652 bits per heavy atom. The van der Waals surface area contributed by atoms with Gasteiger partial charge < -0.3 is 0 Å². The second-order valence-corrected chi connectivity index (χ2v) is 14.4. The summed E-state index contributed by atoms with van der Waals surface area (Å²) in [7, 11) is 2.56. The van der Waals surface area contributed by atoms with Crippen molar-refractivity contribution in [3.63, 3.8) is 0 Å². The van der Waals surface area contributed by atoms with Gasteiger partial charge in [-0.15, -0.1) is 0 Å². The van der Waals surface area contributed by atoms with Gasteiger partial charge in [-0.1, -0.05) is 0 Å². The molecule has 0 unspecified atom stereocenters. The fourth-order valence-corrected chi connectivity index (χ4v) is 5.46. The molecule has 23 heavy (non-hydrogen) atoms. The van der Waals surface area contributed by atoms with Gasteiger partial charge in [-0.05, 0) is 0 Å². The van der Waals surface area contributed by atoms with Crippen molar-refractivity contribution in [2.45, 2.75) is 48.4 Å². The molecular formula is C14H24O8Sn. The van der Waals surface area contributed by atoms with Crippen LogP contribution in [0.4, 0.5) is 0 Å². The molecule has 0 atom stereocenters. The van der Waals surface area contributed by atoms with Gasteiger partial charge in [-0.25, -0.2) is 0 Å². The Hall–Kier alpha value is -1.32. The van der Waals surface area contributed by atoms with Crippen molar-refractivity contribution in [3.8, 4) is 0 Å². The number of hydrogen-bond acceptors (Lipinski definition) is 8. The molecule has 0 fully saturated rings. The second-order valence-electron chi connectivity index (χ2n) is 5.21. The normalized spacial score (nSPS) is 10.6. The van der Waals surface area contributed by atoms with E-state index in [0.29, 0.717) is 12.8 Å². The Labute approximate surface area is 140 Å². The summed E-state index contributed by atoms with van der Waals surface area (Å²) < 4.78 is 19.4. The number of rotatable bonds is 10.